The van der Waals surface area contributed by atoms with Crippen molar-refractivity contribution in [3.8, 4) is 0 Å². The lowest BCUT2D eigenvalue weighted by Crippen LogP contribution is -2.40. The van der Waals surface area contributed by atoms with Gasteiger partial charge >= 0.3 is 0 Å². The first-order valence-electron chi connectivity index (χ1n) is 8.21. The van der Waals surface area contributed by atoms with E-state index in [1.54, 1.807) is 6.20 Å². The molecule has 5 heteroatoms. The zero-order valence-corrected chi connectivity index (χ0v) is 13.2. The number of aryl methyl sites for hydroxylation is 1. The maximum absolute atomic E-state index is 12.5. The molecule has 1 amide bonds. The van der Waals surface area contributed by atoms with Crippen LogP contribution in [0.1, 0.15) is 37.8 Å². The minimum Gasteiger partial charge on any atom is -0.342 e. The van der Waals surface area contributed by atoms with Crippen molar-refractivity contribution in [2.75, 3.05) is 13.1 Å². The number of aromatic nitrogens is 3. The minimum atomic E-state index is 0.279. The maximum atomic E-state index is 12.5. The third-order valence-corrected chi connectivity index (χ3v) is 5.17. The highest BCUT2D eigenvalue weighted by molar-refractivity contribution is 5.82. The molecule has 2 aromatic heterocycles. The van der Waals surface area contributed by atoms with Gasteiger partial charge in [0.05, 0.1) is 5.69 Å². The fraction of sp³-hybridized carbons (Fsp3) is 0.588. The summed E-state index contributed by atoms with van der Waals surface area (Å²) >= 11 is 0. The zero-order chi connectivity index (χ0) is 15.3. The van der Waals surface area contributed by atoms with Crippen molar-refractivity contribution in [1.29, 1.82) is 0 Å². The van der Waals surface area contributed by atoms with E-state index < -0.39 is 0 Å². The lowest BCUT2D eigenvalue weighted by molar-refractivity contribution is -0.134. The number of piperidine rings is 1. The van der Waals surface area contributed by atoms with Crippen LogP contribution in [0.15, 0.2) is 18.3 Å². The number of pyridine rings is 1. The fourth-order valence-electron chi connectivity index (χ4n) is 3.72. The number of carbonyl (C=O) groups is 1. The van der Waals surface area contributed by atoms with Gasteiger partial charge in [0.15, 0.2) is 5.65 Å². The first-order valence-corrected chi connectivity index (χ1v) is 8.21. The number of rotatable bonds is 2. The SMILES string of the molecule is CC1CC1C(=O)N1CCCC(c2nn(C)c3ncccc23)C1. The quantitative estimate of drug-likeness (QED) is 0.855. The number of amides is 1. The topological polar surface area (TPSA) is 51.0 Å². The number of fused-ring (bicyclic) bond motifs is 1. The molecule has 3 atom stereocenters. The van der Waals surface area contributed by atoms with Crippen LogP contribution in [0.2, 0.25) is 0 Å². The summed E-state index contributed by atoms with van der Waals surface area (Å²) in [6.45, 7) is 3.88. The zero-order valence-electron chi connectivity index (χ0n) is 13.2. The van der Waals surface area contributed by atoms with E-state index in [4.69, 9.17) is 5.10 Å². The van der Waals surface area contributed by atoms with Gasteiger partial charge in [-0.1, -0.05) is 6.92 Å². The molecule has 2 aliphatic rings. The molecule has 1 saturated heterocycles. The standard InChI is InChI=1S/C17H22N4O/c1-11-9-14(11)17(22)21-8-4-5-12(10-21)15-13-6-3-7-18-16(13)20(2)19-15/h3,6-7,11-12,14H,4-5,8-10H2,1-2H3. The molecule has 116 valence electrons. The van der Waals surface area contributed by atoms with Crippen LogP contribution in [-0.2, 0) is 11.8 Å². The van der Waals surface area contributed by atoms with Crippen LogP contribution >= 0.6 is 0 Å². The molecule has 0 N–H and O–H groups in total. The van der Waals surface area contributed by atoms with E-state index in [-0.39, 0.29) is 5.92 Å². The van der Waals surface area contributed by atoms with Crippen LogP contribution in [0.25, 0.3) is 11.0 Å². The lowest BCUT2D eigenvalue weighted by Gasteiger charge is -2.32. The molecular weight excluding hydrogens is 276 g/mol. The minimum absolute atomic E-state index is 0.279. The van der Waals surface area contributed by atoms with Crippen LogP contribution in [0, 0.1) is 11.8 Å². The monoisotopic (exact) mass is 298 g/mol. The normalized spacial score (nSPS) is 28.1. The van der Waals surface area contributed by atoms with Gasteiger partial charge in [-0.3, -0.25) is 9.48 Å². The second kappa shape index (κ2) is 5.07. The number of hydrogen-bond acceptors (Lipinski definition) is 3. The van der Waals surface area contributed by atoms with Crippen LogP contribution in [0.4, 0.5) is 0 Å². The third-order valence-electron chi connectivity index (χ3n) is 5.17. The van der Waals surface area contributed by atoms with Crippen molar-refractivity contribution in [1.82, 2.24) is 19.7 Å². The first-order chi connectivity index (χ1) is 10.6. The summed E-state index contributed by atoms with van der Waals surface area (Å²) in [5, 5.41) is 5.83. The molecule has 0 aromatic carbocycles. The molecule has 2 fully saturated rings. The molecule has 5 nitrogen and oxygen atoms in total. The molecule has 0 spiro atoms. The van der Waals surface area contributed by atoms with Crippen molar-refractivity contribution >= 4 is 16.9 Å². The van der Waals surface area contributed by atoms with E-state index in [9.17, 15) is 4.79 Å². The average Bonchev–Trinajstić information content (AvgIpc) is 3.19. The summed E-state index contributed by atoms with van der Waals surface area (Å²) in [4.78, 5) is 19.0. The number of likely N-dealkylation sites (tertiary alicyclic amines) is 1. The summed E-state index contributed by atoms with van der Waals surface area (Å²) in [5.41, 5.74) is 2.03. The Hall–Kier alpha value is -1.91. The predicted octanol–water partition coefficient (Wildman–Crippen LogP) is 2.33. The van der Waals surface area contributed by atoms with Crippen LogP contribution in [0.3, 0.4) is 0 Å². The van der Waals surface area contributed by atoms with E-state index in [1.807, 2.05) is 17.8 Å². The molecule has 4 rings (SSSR count). The van der Waals surface area contributed by atoms with Gasteiger partial charge in [-0.25, -0.2) is 4.98 Å². The molecule has 22 heavy (non-hydrogen) atoms. The van der Waals surface area contributed by atoms with Crippen molar-refractivity contribution < 1.29 is 4.79 Å². The van der Waals surface area contributed by atoms with Gasteiger partial charge in [-0.2, -0.15) is 5.10 Å². The van der Waals surface area contributed by atoms with E-state index in [0.29, 0.717) is 17.7 Å². The highest BCUT2D eigenvalue weighted by Crippen LogP contribution is 2.40. The molecule has 1 aliphatic heterocycles. The number of hydrogen-bond donors (Lipinski definition) is 0. The summed E-state index contributed by atoms with van der Waals surface area (Å²) in [7, 11) is 1.94. The summed E-state index contributed by atoms with van der Waals surface area (Å²) < 4.78 is 1.86. The van der Waals surface area contributed by atoms with Crippen molar-refractivity contribution in [2.45, 2.75) is 32.1 Å². The van der Waals surface area contributed by atoms with Gasteiger partial charge in [0.2, 0.25) is 5.91 Å². The smallest absolute Gasteiger partial charge is 0.225 e. The third kappa shape index (κ3) is 2.19. The molecule has 2 aromatic rings. The summed E-state index contributed by atoms with van der Waals surface area (Å²) in [6.07, 6.45) is 5.04. The van der Waals surface area contributed by atoms with Crippen molar-refractivity contribution in [3.63, 3.8) is 0 Å². The Bertz CT molecular complexity index is 723. The van der Waals surface area contributed by atoms with Crippen LogP contribution in [-0.4, -0.2) is 38.7 Å². The summed E-state index contributed by atoms with van der Waals surface area (Å²) in [5.74, 6) is 1.55. The van der Waals surface area contributed by atoms with Crippen LogP contribution in [0.5, 0.6) is 0 Å². The fourth-order valence-corrected chi connectivity index (χ4v) is 3.72. The number of carbonyl (C=O) groups excluding carboxylic acids is 1. The number of nitrogens with zero attached hydrogens (tertiary/aromatic N) is 4. The van der Waals surface area contributed by atoms with Gasteiger partial charge in [0, 0.05) is 43.6 Å². The predicted molar refractivity (Wildman–Crippen MR) is 84.3 cm³/mol. The second-order valence-electron chi connectivity index (χ2n) is 6.83. The Kier molecular flexibility index (Phi) is 3.17. The van der Waals surface area contributed by atoms with Crippen LogP contribution < -0.4 is 0 Å². The van der Waals surface area contributed by atoms with Gasteiger partial charge in [-0.15, -0.1) is 0 Å². The maximum Gasteiger partial charge on any atom is 0.225 e. The lowest BCUT2D eigenvalue weighted by atomic mass is 9.93. The Morgan fingerprint density at radius 1 is 1.41 bits per heavy atom. The Morgan fingerprint density at radius 2 is 2.23 bits per heavy atom. The van der Waals surface area contributed by atoms with E-state index in [0.717, 1.165) is 49.1 Å². The molecule has 1 saturated carbocycles. The molecule has 0 radical (unpaired) electrons. The highest BCUT2D eigenvalue weighted by Gasteiger charge is 2.42. The van der Waals surface area contributed by atoms with Gasteiger partial charge < -0.3 is 4.90 Å². The van der Waals surface area contributed by atoms with Crippen molar-refractivity contribution in [3.05, 3.63) is 24.0 Å². The Morgan fingerprint density at radius 3 is 3.00 bits per heavy atom. The molecule has 3 heterocycles. The van der Waals surface area contributed by atoms with Crippen molar-refractivity contribution in [2.24, 2.45) is 18.9 Å². The second-order valence-corrected chi connectivity index (χ2v) is 6.83. The molecule has 3 unspecified atom stereocenters. The molecular formula is C17H22N4O. The van der Waals surface area contributed by atoms with E-state index in [2.05, 4.69) is 22.9 Å². The summed E-state index contributed by atoms with van der Waals surface area (Å²) in [6, 6.07) is 4.06. The molecule has 1 aliphatic carbocycles. The molecule has 0 bridgehead atoms. The highest BCUT2D eigenvalue weighted by atomic mass is 16.2. The van der Waals surface area contributed by atoms with Gasteiger partial charge in [0.25, 0.3) is 0 Å². The Balaban J connectivity index is 1.60. The van der Waals surface area contributed by atoms with Gasteiger partial charge in [0.1, 0.15) is 0 Å². The Labute approximate surface area is 130 Å². The average molecular weight is 298 g/mol. The van der Waals surface area contributed by atoms with E-state index in [1.165, 1.54) is 0 Å². The first kappa shape index (κ1) is 13.7. The largest absolute Gasteiger partial charge is 0.342 e. The van der Waals surface area contributed by atoms with E-state index >= 15 is 0 Å². The van der Waals surface area contributed by atoms with Gasteiger partial charge in [-0.05, 0) is 37.3 Å².